The lowest BCUT2D eigenvalue weighted by molar-refractivity contribution is -0.116. The van der Waals surface area contributed by atoms with Crippen LogP contribution in [-0.4, -0.2) is 20.1 Å². The van der Waals surface area contributed by atoms with E-state index < -0.39 is 0 Å². The molecule has 148 valence electrons. The van der Waals surface area contributed by atoms with E-state index in [0.717, 1.165) is 16.7 Å². The van der Waals surface area contributed by atoms with Gasteiger partial charge < -0.3 is 14.8 Å². The third kappa shape index (κ3) is 5.05. The van der Waals surface area contributed by atoms with Gasteiger partial charge in [0.25, 0.3) is 5.91 Å². The zero-order chi connectivity index (χ0) is 20.6. The molecule has 0 saturated carbocycles. The van der Waals surface area contributed by atoms with Crippen molar-refractivity contribution in [1.29, 1.82) is 0 Å². The van der Waals surface area contributed by atoms with Gasteiger partial charge in [0.05, 0.1) is 20.3 Å². The van der Waals surface area contributed by atoms with Crippen LogP contribution in [0.4, 0.5) is 0 Å². The Kier molecular flexibility index (Phi) is 6.69. The van der Waals surface area contributed by atoms with Gasteiger partial charge in [-0.3, -0.25) is 4.79 Å². The number of methoxy groups -OCH3 is 2. The molecule has 4 nitrogen and oxygen atoms in total. The third-order valence-electron chi connectivity index (χ3n) is 4.70. The molecule has 0 aromatic heterocycles. The molecule has 29 heavy (non-hydrogen) atoms. The summed E-state index contributed by atoms with van der Waals surface area (Å²) in [4.78, 5) is 13.2. The first-order chi connectivity index (χ1) is 14.1. The lowest BCUT2D eigenvalue weighted by Gasteiger charge is -2.18. The number of amides is 1. The molecule has 1 amide bonds. The van der Waals surface area contributed by atoms with E-state index in [2.05, 4.69) is 5.32 Å². The topological polar surface area (TPSA) is 47.6 Å². The smallest absolute Gasteiger partial charge is 0.252 e. The molecule has 0 unspecified atom stereocenters. The zero-order valence-corrected chi connectivity index (χ0v) is 16.9. The Morgan fingerprint density at radius 2 is 1.48 bits per heavy atom. The highest BCUT2D eigenvalue weighted by Crippen LogP contribution is 2.30. The highest BCUT2D eigenvalue weighted by molar-refractivity contribution is 6.24. The number of ether oxygens (including phenoxy) is 2. The first-order valence-electron chi connectivity index (χ1n) is 9.47. The number of carbonyl (C=O) groups excluding carboxylic acids is 1. The van der Waals surface area contributed by atoms with Crippen LogP contribution < -0.4 is 14.8 Å². The molecule has 0 aliphatic rings. The first-order valence-corrected chi connectivity index (χ1v) is 9.47. The van der Waals surface area contributed by atoms with Gasteiger partial charge in [0.1, 0.15) is 0 Å². The van der Waals surface area contributed by atoms with Crippen molar-refractivity contribution < 1.29 is 14.3 Å². The van der Waals surface area contributed by atoms with Crippen LogP contribution in [-0.2, 0) is 4.79 Å². The molecule has 0 heterocycles. The molecule has 3 rings (SSSR count). The van der Waals surface area contributed by atoms with E-state index in [-0.39, 0.29) is 11.9 Å². The van der Waals surface area contributed by atoms with Gasteiger partial charge in [0, 0.05) is 5.57 Å². The molecule has 4 heteroatoms. The van der Waals surface area contributed by atoms with Gasteiger partial charge in [-0.05, 0) is 41.8 Å². The molecular formula is C25H25NO3. The Labute approximate surface area is 171 Å². The minimum Gasteiger partial charge on any atom is -0.493 e. The summed E-state index contributed by atoms with van der Waals surface area (Å²) in [5.74, 6) is 1.15. The second-order valence-corrected chi connectivity index (χ2v) is 6.64. The van der Waals surface area contributed by atoms with E-state index in [1.54, 1.807) is 14.2 Å². The molecule has 0 saturated heterocycles. The van der Waals surface area contributed by atoms with Gasteiger partial charge in [-0.2, -0.15) is 0 Å². The second kappa shape index (κ2) is 9.60. The number of hydrogen-bond donors (Lipinski definition) is 1. The van der Waals surface area contributed by atoms with Gasteiger partial charge in [-0.1, -0.05) is 66.7 Å². The molecular weight excluding hydrogens is 362 g/mol. The molecule has 0 aliphatic carbocycles. The molecule has 0 bridgehead atoms. The van der Waals surface area contributed by atoms with E-state index in [1.807, 2.05) is 91.9 Å². The molecule has 3 aromatic carbocycles. The molecule has 3 aromatic rings. The lowest BCUT2D eigenvalue weighted by atomic mass is 10.0. The number of benzene rings is 3. The first kappa shape index (κ1) is 20.2. The van der Waals surface area contributed by atoms with E-state index in [0.29, 0.717) is 17.1 Å². The summed E-state index contributed by atoms with van der Waals surface area (Å²) in [5.41, 5.74) is 3.39. The molecule has 0 spiro atoms. The molecule has 0 fully saturated rings. The predicted molar refractivity (Wildman–Crippen MR) is 117 cm³/mol. The Morgan fingerprint density at radius 1 is 0.862 bits per heavy atom. The minimum atomic E-state index is -0.204. The van der Waals surface area contributed by atoms with E-state index in [1.165, 1.54) is 0 Å². The largest absolute Gasteiger partial charge is 0.493 e. The van der Waals surface area contributed by atoms with Crippen molar-refractivity contribution >= 4 is 17.6 Å². The van der Waals surface area contributed by atoms with Crippen LogP contribution in [0, 0.1) is 0 Å². The second-order valence-electron chi connectivity index (χ2n) is 6.64. The van der Waals surface area contributed by atoms with Crippen LogP contribution in [0.2, 0.25) is 0 Å². The van der Waals surface area contributed by atoms with Crippen molar-refractivity contribution in [3.63, 3.8) is 0 Å². The van der Waals surface area contributed by atoms with Crippen LogP contribution in [0.5, 0.6) is 11.5 Å². The average molecular weight is 387 g/mol. The van der Waals surface area contributed by atoms with Crippen LogP contribution in [0.3, 0.4) is 0 Å². The normalized spacial score (nSPS) is 12.2. The monoisotopic (exact) mass is 387 g/mol. The summed E-state index contributed by atoms with van der Waals surface area (Å²) in [6.07, 6.45) is 1.91. The molecule has 0 aliphatic heterocycles. The SMILES string of the molecule is COc1ccc([C@H](C)NC(=O)/C(=C/c2ccccc2)c2ccccc2)cc1OC. The van der Waals surface area contributed by atoms with E-state index in [9.17, 15) is 4.79 Å². The Morgan fingerprint density at radius 3 is 2.10 bits per heavy atom. The predicted octanol–water partition coefficient (Wildman–Crippen LogP) is 5.12. The summed E-state index contributed by atoms with van der Waals surface area (Å²) in [7, 11) is 3.20. The standard InChI is InChI=1S/C25H25NO3/c1-18(21-14-15-23(28-2)24(17-21)29-3)26-25(27)22(20-12-8-5-9-13-20)16-19-10-6-4-7-11-19/h4-18H,1-3H3,(H,26,27)/b22-16+/t18-/m0/s1. The van der Waals surface area contributed by atoms with Crippen LogP contribution >= 0.6 is 0 Å². The number of nitrogens with one attached hydrogen (secondary N) is 1. The van der Waals surface area contributed by atoms with Gasteiger partial charge in [-0.15, -0.1) is 0 Å². The summed E-state index contributed by atoms with van der Waals surface area (Å²) in [6.45, 7) is 1.95. The van der Waals surface area contributed by atoms with Crippen LogP contribution in [0.1, 0.15) is 29.7 Å². The summed E-state index contributed by atoms with van der Waals surface area (Å²) in [5, 5.41) is 3.10. The van der Waals surface area contributed by atoms with Gasteiger partial charge in [0.15, 0.2) is 11.5 Å². The average Bonchev–Trinajstić information content (AvgIpc) is 2.78. The van der Waals surface area contributed by atoms with E-state index >= 15 is 0 Å². The van der Waals surface area contributed by atoms with Crippen molar-refractivity contribution in [3.05, 3.63) is 95.6 Å². The quantitative estimate of drug-likeness (QED) is 0.452. The maximum Gasteiger partial charge on any atom is 0.252 e. The highest BCUT2D eigenvalue weighted by Gasteiger charge is 2.17. The molecule has 1 atom stereocenters. The summed E-state index contributed by atoms with van der Waals surface area (Å²) in [6, 6.07) is 25.0. The van der Waals surface area contributed by atoms with Crippen LogP contribution in [0.25, 0.3) is 11.6 Å². The van der Waals surface area contributed by atoms with E-state index in [4.69, 9.17) is 9.47 Å². The number of hydrogen-bond acceptors (Lipinski definition) is 3. The maximum atomic E-state index is 13.2. The van der Waals surface area contributed by atoms with Crippen molar-refractivity contribution in [1.82, 2.24) is 5.32 Å². The Hall–Kier alpha value is -3.53. The van der Waals surface area contributed by atoms with Crippen molar-refractivity contribution in [2.45, 2.75) is 13.0 Å². The van der Waals surface area contributed by atoms with Gasteiger partial charge >= 0.3 is 0 Å². The fourth-order valence-corrected chi connectivity index (χ4v) is 3.09. The summed E-state index contributed by atoms with van der Waals surface area (Å²) >= 11 is 0. The van der Waals surface area contributed by atoms with Gasteiger partial charge in [-0.25, -0.2) is 0 Å². The molecule has 0 radical (unpaired) electrons. The number of rotatable bonds is 7. The summed E-state index contributed by atoms with van der Waals surface area (Å²) < 4.78 is 10.7. The van der Waals surface area contributed by atoms with Crippen molar-refractivity contribution in [2.24, 2.45) is 0 Å². The zero-order valence-electron chi connectivity index (χ0n) is 16.9. The third-order valence-corrected chi connectivity index (χ3v) is 4.70. The van der Waals surface area contributed by atoms with Crippen molar-refractivity contribution in [3.8, 4) is 11.5 Å². The molecule has 1 N–H and O–H groups in total. The highest BCUT2D eigenvalue weighted by atomic mass is 16.5. The Balaban J connectivity index is 1.88. The van der Waals surface area contributed by atoms with Gasteiger partial charge in [0.2, 0.25) is 0 Å². The van der Waals surface area contributed by atoms with Crippen molar-refractivity contribution in [2.75, 3.05) is 14.2 Å². The number of carbonyl (C=O) groups is 1. The Bertz CT molecular complexity index is 981. The minimum absolute atomic E-state index is 0.137. The fraction of sp³-hybridized carbons (Fsp3) is 0.160. The maximum absolute atomic E-state index is 13.2. The van der Waals surface area contributed by atoms with Crippen LogP contribution in [0.15, 0.2) is 78.9 Å². The fourth-order valence-electron chi connectivity index (χ4n) is 3.09. The lowest BCUT2D eigenvalue weighted by Crippen LogP contribution is -2.27.